The van der Waals surface area contributed by atoms with Crippen molar-refractivity contribution in [3.8, 4) is 5.75 Å². The highest BCUT2D eigenvalue weighted by Crippen LogP contribution is 2.42. The number of alkyl halides is 1. The Morgan fingerprint density at radius 1 is 1.32 bits per heavy atom. The summed E-state index contributed by atoms with van der Waals surface area (Å²) in [6, 6.07) is 6.72. The van der Waals surface area contributed by atoms with Gasteiger partial charge in [0.15, 0.2) is 13.5 Å². The fourth-order valence-corrected chi connectivity index (χ4v) is 4.21. The molecule has 0 unspecified atom stereocenters. The Morgan fingerprint density at radius 3 is 2.21 bits per heavy atom. The van der Waals surface area contributed by atoms with Gasteiger partial charge in [-0.1, -0.05) is 41.9 Å². The second-order valence-electron chi connectivity index (χ2n) is 4.22. The van der Waals surface area contributed by atoms with Crippen LogP contribution in [-0.2, 0) is 9.84 Å². The number of hydrogen-bond acceptors (Lipinski definition) is 4. The summed E-state index contributed by atoms with van der Waals surface area (Å²) < 4.78 is 28.0. The molecule has 6 heteroatoms. The third kappa shape index (κ3) is 3.12. The van der Waals surface area contributed by atoms with Gasteiger partial charge in [-0.05, 0) is 24.1 Å². The fourth-order valence-electron chi connectivity index (χ4n) is 1.86. The molecule has 0 saturated carbocycles. The number of halogens is 1. The van der Waals surface area contributed by atoms with Gasteiger partial charge in [0, 0.05) is 5.75 Å². The minimum absolute atomic E-state index is 0.0285. The van der Waals surface area contributed by atoms with E-state index in [4.69, 9.17) is 4.74 Å². The average molecular weight is 351 g/mol. The molecule has 0 amide bonds. The Labute approximate surface area is 122 Å². The van der Waals surface area contributed by atoms with Gasteiger partial charge in [-0.25, -0.2) is 8.42 Å². The summed E-state index contributed by atoms with van der Waals surface area (Å²) in [4.78, 5) is 0. The van der Waals surface area contributed by atoms with Crippen LogP contribution in [0.1, 0.15) is 31.9 Å². The lowest BCUT2D eigenvalue weighted by atomic mass is 10.0. The predicted octanol–water partition coefficient (Wildman–Crippen LogP) is 2.66. The minimum atomic E-state index is -3.44. The van der Waals surface area contributed by atoms with Crippen molar-refractivity contribution in [1.29, 1.82) is 0 Å². The minimum Gasteiger partial charge on any atom is -0.497 e. The molecule has 0 fully saturated rings. The van der Waals surface area contributed by atoms with Gasteiger partial charge in [0.2, 0.25) is 0 Å². The monoisotopic (exact) mass is 350 g/mol. The first kappa shape index (κ1) is 16.5. The third-order valence-electron chi connectivity index (χ3n) is 3.22. The normalized spacial score (nSPS) is 16.7. The summed E-state index contributed by atoms with van der Waals surface area (Å²) in [5.41, 5.74) is 0.538. The van der Waals surface area contributed by atoms with Gasteiger partial charge in [-0.3, -0.25) is 0 Å². The number of hydrogen-bond donors (Lipinski definition) is 1. The summed E-state index contributed by atoms with van der Waals surface area (Å²) in [6.07, 6.45) is -0.857. The van der Waals surface area contributed by atoms with Crippen molar-refractivity contribution in [3.63, 3.8) is 0 Å². The van der Waals surface area contributed by atoms with Crippen LogP contribution in [0.3, 0.4) is 0 Å². The molecule has 1 rings (SSSR count). The molecule has 108 valence electrons. The van der Waals surface area contributed by atoms with Crippen molar-refractivity contribution in [2.45, 2.75) is 30.0 Å². The van der Waals surface area contributed by atoms with Gasteiger partial charge in [-0.2, -0.15) is 0 Å². The highest BCUT2D eigenvalue weighted by molar-refractivity contribution is 9.11. The SMILES string of the molecule is CC[C@@](Br)([C@H](O)c1ccc(OC)cc1)S(=O)(=O)CC. The lowest BCUT2D eigenvalue weighted by molar-refractivity contribution is 0.160. The molecule has 0 saturated heterocycles. The first-order chi connectivity index (χ1) is 8.82. The van der Waals surface area contributed by atoms with Gasteiger partial charge in [0.05, 0.1) is 7.11 Å². The van der Waals surface area contributed by atoms with Crippen molar-refractivity contribution < 1.29 is 18.3 Å². The number of benzene rings is 1. The lowest BCUT2D eigenvalue weighted by Gasteiger charge is -2.31. The second kappa shape index (κ2) is 6.24. The van der Waals surface area contributed by atoms with Crippen LogP contribution in [0.4, 0.5) is 0 Å². The Bertz CT molecular complexity index is 512. The van der Waals surface area contributed by atoms with Crippen LogP contribution >= 0.6 is 15.9 Å². The van der Waals surface area contributed by atoms with E-state index in [9.17, 15) is 13.5 Å². The molecule has 19 heavy (non-hydrogen) atoms. The smallest absolute Gasteiger partial charge is 0.168 e. The second-order valence-corrected chi connectivity index (χ2v) is 8.69. The molecule has 0 spiro atoms. The maximum Gasteiger partial charge on any atom is 0.168 e. The van der Waals surface area contributed by atoms with Crippen molar-refractivity contribution >= 4 is 25.8 Å². The van der Waals surface area contributed by atoms with Crippen molar-refractivity contribution in [2.24, 2.45) is 0 Å². The molecule has 0 aliphatic heterocycles. The molecule has 0 aliphatic rings. The largest absolute Gasteiger partial charge is 0.497 e. The quantitative estimate of drug-likeness (QED) is 0.801. The van der Waals surface area contributed by atoms with E-state index in [2.05, 4.69) is 15.9 Å². The van der Waals surface area contributed by atoms with E-state index in [0.717, 1.165) is 0 Å². The highest BCUT2D eigenvalue weighted by Gasteiger charge is 2.45. The van der Waals surface area contributed by atoms with Crippen molar-refractivity contribution in [3.05, 3.63) is 29.8 Å². The Balaban J connectivity index is 3.17. The summed E-state index contributed by atoms with van der Waals surface area (Å²) >= 11 is 3.23. The van der Waals surface area contributed by atoms with Crippen molar-refractivity contribution in [2.75, 3.05) is 12.9 Å². The van der Waals surface area contributed by atoms with Crippen LogP contribution in [0, 0.1) is 0 Å². The maximum absolute atomic E-state index is 12.2. The number of aliphatic hydroxyl groups excluding tert-OH is 1. The predicted molar refractivity (Wildman–Crippen MR) is 79.4 cm³/mol. The zero-order valence-electron chi connectivity index (χ0n) is 11.3. The van der Waals surface area contributed by atoms with Gasteiger partial charge in [0.1, 0.15) is 11.9 Å². The van der Waals surface area contributed by atoms with Gasteiger partial charge >= 0.3 is 0 Å². The molecule has 0 heterocycles. The topological polar surface area (TPSA) is 63.6 Å². The molecule has 1 aromatic rings. The van der Waals surface area contributed by atoms with E-state index in [0.29, 0.717) is 11.3 Å². The van der Waals surface area contributed by atoms with E-state index in [-0.39, 0.29) is 12.2 Å². The summed E-state index contributed by atoms with van der Waals surface area (Å²) in [5, 5.41) is 10.4. The zero-order valence-corrected chi connectivity index (χ0v) is 13.7. The third-order valence-corrected chi connectivity index (χ3v) is 8.00. The Kier molecular flexibility index (Phi) is 5.41. The lowest BCUT2D eigenvalue weighted by Crippen LogP contribution is -2.39. The molecule has 0 bridgehead atoms. The van der Waals surface area contributed by atoms with Crippen LogP contribution in [0.5, 0.6) is 5.75 Å². The van der Waals surface area contributed by atoms with Crippen molar-refractivity contribution in [1.82, 2.24) is 0 Å². The summed E-state index contributed by atoms with van der Waals surface area (Å²) in [7, 11) is -1.89. The Morgan fingerprint density at radius 2 is 1.84 bits per heavy atom. The van der Waals surface area contributed by atoms with Crippen LogP contribution in [0.15, 0.2) is 24.3 Å². The van der Waals surface area contributed by atoms with Gasteiger partial charge in [-0.15, -0.1) is 0 Å². The first-order valence-electron chi connectivity index (χ1n) is 6.05. The van der Waals surface area contributed by atoms with E-state index in [1.54, 1.807) is 45.2 Å². The highest BCUT2D eigenvalue weighted by atomic mass is 79.9. The number of methoxy groups -OCH3 is 1. The van der Waals surface area contributed by atoms with E-state index in [1.807, 2.05) is 0 Å². The molecule has 0 aliphatic carbocycles. The molecular formula is C13H19BrO4S. The zero-order chi connectivity index (χ0) is 14.7. The van der Waals surface area contributed by atoms with Crippen LogP contribution < -0.4 is 4.74 Å². The van der Waals surface area contributed by atoms with Gasteiger partial charge in [0.25, 0.3) is 0 Å². The molecule has 0 radical (unpaired) electrons. The Hall–Kier alpha value is -0.590. The van der Waals surface area contributed by atoms with Crippen LogP contribution in [-0.4, -0.2) is 30.0 Å². The van der Waals surface area contributed by atoms with Crippen LogP contribution in [0.2, 0.25) is 0 Å². The molecule has 1 aromatic carbocycles. The molecule has 1 N–H and O–H groups in total. The molecule has 2 atom stereocenters. The van der Waals surface area contributed by atoms with Crippen LogP contribution in [0.25, 0.3) is 0 Å². The van der Waals surface area contributed by atoms with E-state index >= 15 is 0 Å². The molecule has 0 aromatic heterocycles. The van der Waals surface area contributed by atoms with E-state index < -0.39 is 19.6 Å². The van der Waals surface area contributed by atoms with E-state index in [1.165, 1.54) is 0 Å². The van der Waals surface area contributed by atoms with Gasteiger partial charge < -0.3 is 9.84 Å². The fraction of sp³-hybridized carbons (Fsp3) is 0.538. The number of aliphatic hydroxyl groups is 1. The summed E-state index contributed by atoms with van der Waals surface area (Å²) in [6.45, 7) is 3.30. The average Bonchev–Trinajstić information content (AvgIpc) is 2.45. The number of rotatable bonds is 6. The standard InChI is InChI=1S/C13H19BrO4S/c1-4-13(14,19(16,17)5-2)12(15)10-6-8-11(18-3)9-7-10/h6-9,12,15H,4-5H2,1-3H3/t12-,13+/m1/s1. The molecule has 4 nitrogen and oxygen atoms in total. The number of ether oxygens (including phenoxy) is 1. The summed E-state index contributed by atoms with van der Waals surface area (Å²) in [5.74, 6) is 0.630. The first-order valence-corrected chi connectivity index (χ1v) is 8.50. The maximum atomic E-state index is 12.2. The number of sulfone groups is 1. The molecular weight excluding hydrogens is 332 g/mol.